The van der Waals surface area contributed by atoms with Crippen molar-refractivity contribution in [3.05, 3.63) is 0 Å². The third kappa shape index (κ3) is 4.78. The summed E-state index contributed by atoms with van der Waals surface area (Å²) >= 11 is 0. The maximum Gasteiger partial charge on any atom is 0.223 e. The summed E-state index contributed by atoms with van der Waals surface area (Å²) in [5, 5.41) is 6.06. The summed E-state index contributed by atoms with van der Waals surface area (Å²) < 4.78 is 0. The first-order valence-electron chi connectivity index (χ1n) is 7.79. The van der Waals surface area contributed by atoms with Gasteiger partial charge in [-0.2, -0.15) is 0 Å². The minimum absolute atomic E-state index is 0.0992. The molecule has 5 nitrogen and oxygen atoms in total. The highest BCUT2D eigenvalue weighted by Gasteiger charge is 2.32. The number of hydrogen-bond acceptors (Lipinski definition) is 3. The largest absolute Gasteiger partial charge is 0.355 e. The summed E-state index contributed by atoms with van der Waals surface area (Å²) in [4.78, 5) is 26.0. The van der Waals surface area contributed by atoms with Gasteiger partial charge in [0.25, 0.3) is 0 Å². The molecule has 2 N–H and O–H groups in total. The van der Waals surface area contributed by atoms with Crippen molar-refractivity contribution in [2.75, 3.05) is 27.2 Å². The van der Waals surface area contributed by atoms with Crippen LogP contribution in [-0.2, 0) is 9.59 Å². The zero-order valence-corrected chi connectivity index (χ0v) is 12.7. The number of carbonyl (C=O) groups excluding carboxylic acids is 2. The molecule has 0 aromatic heterocycles. The Hall–Kier alpha value is -1.10. The molecule has 2 rings (SSSR count). The van der Waals surface area contributed by atoms with Crippen molar-refractivity contribution >= 4 is 11.8 Å². The van der Waals surface area contributed by atoms with E-state index in [-0.39, 0.29) is 23.7 Å². The summed E-state index contributed by atoms with van der Waals surface area (Å²) in [6.07, 6.45) is 5.66. The minimum Gasteiger partial charge on any atom is -0.355 e. The van der Waals surface area contributed by atoms with Gasteiger partial charge in [-0.1, -0.05) is 0 Å². The smallest absolute Gasteiger partial charge is 0.223 e. The Morgan fingerprint density at radius 3 is 2.00 bits per heavy atom. The van der Waals surface area contributed by atoms with Gasteiger partial charge in [-0.05, 0) is 52.6 Å². The Bertz CT molecular complexity index is 345. The summed E-state index contributed by atoms with van der Waals surface area (Å²) in [5.41, 5.74) is 0. The van der Waals surface area contributed by atoms with Crippen molar-refractivity contribution in [2.24, 2.45) is 11.8 Å². The van der Waals surface area contributed by atoms with E-state index in [1.165, 1.54) is 0 Å². The lowest BCUT2D eigenvalue weighted by atomic mass is 9.81. The predicted octanol–water partition coefficient (Wildman–Crippen LogP) is 0.749. The molecule has 5 heteroatoms. The van der Waals surface area contributed by atoms with Crippen molar-refractivity contribution in [1.29, 1.82) is 0 Å². The molecular weight excluding hydrogens is 254 g/mol. The summed E-state index contributed by atoms with van der Waals surface area (Å²) in [7, 11) is 3.99. The third-order valence-corrected chi connectivity index (χ3v) is 4.25. The number of rotatable bonds is 6. The van der Waals surface area contributed by atoms with Crippen LogP contribution in [0.15, 0.2) is 0 Å². The standard InChI is InChI=1S/C15H27N3O2/c1-18(2)10-9-16-14(19)11-3-5-12(6-4-11)15(20)17-13-7-8-13/h11-13H,3-10H2,1-2H3,(H,16,19)(H,17,20). The minimum atomic E-state index is 0.0992. The highest BCUT2D eigenvalue weighted by molar-refractivity contribution is 5.81. The third-order valence-electron chi connectivity index (χ3n) is 4.25. The molecule has 20 heavy (non-hydrogen) atoms. The van der Waals surface area contributed by atoms with E-state index in [1.807, 2.05) is 14.1 Å². The number of hydrogen-bond donors (Lipinski definition) is 2. The van der Waals surface area contributed by atoms with Crippen molar-refractivity contribution in [3.8, 4) is 0 Å². The second-order valence-electron chi connectivity index (χ2n) is 6.43. The van der Waals surface area contributed by atoms with Crippen molar-refractivity contribution in [3.63, 3.8) is 0 Å². The van der Waals surface area contributed by atoms with Crippen LogP contribution in [0.3, 0.4) is 0 Å². The quantitative estimate of drug-likeness (QED) is 0.755. The van der Waals surface area contributed by atoms with Gasteiger partial charge in [0.15, 0.2) is 0 Å². The van der Waals surface area contributed by atoms with Gasteiger partial charge >= 0.3 is 0 Å². The topological polar surface area (TPSA) is 61.4 Å². The molecule has 2 aliphatic rings. The summed E-state index contributed by atoms with van der Waals surface area (Å²) in [6.45, 7) is 1.57. The zero-order chi connectivity index (χ0) is 14.5. The molecule has 0 unspecified atom stereocenters. The van der Waals surface area contributed by atoms with Crippen LogP contribution in [-0.4, -0.2) is 49.9 Å². The fourth-order valence-electron chi connectivity index (χ4n) is 2.71. The number of carbonyl (C=O) groups is 2. The van der Waals surface area contributed by atoms with Gasteiger partial charge < -0.3 is 15.5 Å². The van der Waals surface area contributed by atoms with E-state index in [2.05, 4.69) is 15.5 Å². The molecule has 2 saturated carbocycles. The molecule has 0 aromatic carbocycles. The lowest BCUT2D eigenvalue weighted by Crippen LogP contribution is -2.39. The number of amides is 2. The van der Waals surface area contributed by atoms with Gasteiger partial charge in [-0.15, -0.1) is 0 Å². The van der Waals surface area contributed by atoms with Crippen LogP contribution < -0.4 is 10.6 Å². The molecule has 0 heterocycles. The molecule has 0 saturated heterocycles. The van der Waals surface area contributed by atoms with Gasteiger partial charge in [0.1, 0.15) is 0 Å². The Balaban J connectivity index is 1.65. The van der Waals surface area contributed by atoms with Gasteiger partial charge in [0, 0.05) is 31.0 Å². The van der Waals surface area contributed by atoms with Crippen LogP contribution in [0, 0.1) is 11.8 Å². The average molecular weight is 281 g/mol. The van der Waals surface area contributed by atoms with E-state index in [9.17, 15) is 9.59 Å². The molecule has 0 aliphatic heterocycles. The Morgan fingerprint density at radius 1 is 0.950 bits per heavy atom. The van der Waals surface area contributed by atoms with Gasteiger partial charge in [0.2, 0.25) is 11.8 Å². The van der Waals surface area contributed by atoms with E-state index in [0.717, 1.165) is 45.1 Å². The molecule has 2 aliphatic carbocycles. The second-order valence-corrected chi connectivity index (χ2v) is 6.43. The maximum absolute atomic E-state index is 12.0. The van der Waals surface area contributed by atoms with Crippen LogP contribution >= 0.6 is 0 Å². The van der Waals surface area contributed by atoms with Crippen LogP contribution in [0.4, 0.5) is 0 Å². The van der Waals surface area contributed by atoms with Crippen LogP contribution in [0.2, 0.25) is 0 Å². The normalized spacial score (nSPS) is 26.4. The highest BCUT2D eigenvalue weighted by atomic mass is 16.2. The molecular formula is C15H27N3O2. The summed E-state index contributed by atoms with van der Waals surface area (Å²) in [5.74, 6) is 0.593. The van der Waals surface area contributed by atoms with Crippen LogP contribution in [0.1, 0.15) is 38.5 Å². The fourth-order valence-corrected chi connectivity index (χ4v) is 2.71. The van der Waals surface area contributed by atoms with E-state index in [4.69, 9.17) is 0 Å². The van der Waals surface area contributed by atoms with E-state index < -0.39 is 0 Å². The first-order valence-corrected chi connectivity index (χ1v) is 7.79. The maximum atomic E-state index is 12.0. The lowest BCUT2D eigenvalue weighted by molar-refractivity contribution is -0.130. The van der Waals surface area contributed by atoms with Crippen LogP contribution in [0.5, 0.6) is 0 Å². The van der Waals surface area contributed by atoms with Crippen LogP contribution in [0.25, 0.3) is 0 Å². The number of nitrogens with one attached hydrogen (secondary N) is 2. The summed E-state index contributed by atoms with van der Waals surface area (Å²) in [6, 6.07) is 0.439. The molecule has 0 spiro atoms. The molecule has 2 amide bonds. The molecule has 0 aromatic rings. The Morgan fingerprint density at radius 2 is 1.50 bits per heavy atom. The zero-order valence-electron chi connectivity index (χ0n) is 12.7. The van der Waals surface area contributed by atoms with E-state index >= 15 is 0 Å². The van der Waals surface area contributed by atoms with E-state index in [0.29, 0.717) is 12.6 Å². The van der Waals surface area contributed by atoms with Crippen molar-refractivity contribution < 1.29 is 9.59 Å². The molecule has 114 valence electrons. The predicted molar refractivity (Wildman–Crippen MR) is 78.2 cm³/mol. The number of nitrogens with zero attached hydrogens (tertiary/aromatic N) is 1. The fraction of sp³-hybridized carbons (Fsp3) is 0.867. The number of likely N-dealkylation sites (N-methyl/N-ethyl adjacent to an activating group) is 1. The van der Waals surface area contributed by atoms with Crippen molar-refractivity contribution in [1.82, 2.24) is 15.5 Å². The van der Waals surface area contributed by atoms with Gasteiger partial charge in [-0.25, -0.2) is 0 Å². The SMILES string of the molecule is CN(C)CCNC(=O)C1CCC(C(=O)NC2CC2)CC1. The first-order chi connectivity index (χ1) is 9.56. The Kier molecular flexibility index (Phi) is 5.40. The van der Waals surface area contributed by atoms with Crippen molar-refractivity contribution in [2.45, 2.75) is 44.6 Å². The molecule has 0 atom stereocenters. The first kappa shape index (κ1) is 15.3. The Labute approximate surface area is 121 Å². The molecule has 0 bridgehead atoms. The van der Waals surface area contributed by atoms with Gasteiger partial charge in [-0.3, -0.25) is 9.59 Å². The lowest BCUT2D eigenvalue weighted by Gasteiger charge is -2.27. The van der Waals surface area contributed by atoms with Gasteiger partial charge in [0.05, 0.1) is 0 Å². The second kappa shape index (κ2) is 7.07. The van der Waals surface area contributed by atoms with E-state index in [1.54, 1.807) is 0 Å². The molecule has 0 radical (unpaired) electrons. The monoisotopic (exact) mass is 281 g/mol. The molecule has 2 fully saturated rings. The highest BCUT2D eigenvalue weighted by Crippen LogP contribution is 2.30. The average Bonchev–Trinajstić information content (AvgIpc) is 3.22.